The standard InChI is InChI=1S/C17H20ClN3O4S.ClH/c1-11-13(9-16(25-11)26(23,24)19-2)17(22)21-8-7-20-10-15(21)12-5-3-4-6-14(12)18;/h3-6,9,15,19-20H,7-8,10H2,1-2H3;1H. The second-order valence-corrected chi connectivity index (χ2v) is 8.21. The summed E-state index contributed by atoms with van der Waals surface area (Å²) in [6, 6.07) is 8.41. The van der Waals surface area contributed by atoms with Crippen LogP contribution in [0.1, 0.15) is 27.7 Å². The van der Waals surface area contributed by atoms with Crippen molar-refractivity contribution in [2.45, 2.75) is 18.1 Å². The van der Waals surface area contributed by atoms with E-state index in [4.69, 9.17) is 16.0 Å². The molecule has 27 heavy (non-hydrogen) atoms. The number of piperazine rings is 1. The summed E-state index contributed by atoms with van der Waals surface area (Å²) in [5.41, 5.74) is 1.08. The van der Waals surface area contributed by atoms with E-state index in [2.05, 4.69) is 10.0 Å². The molecule has 1 fully saturated rings. The highest BCUT2D eigenvalue weighted by Gasteiger charge is 2.32. The van der Waals surface area contributed by atoms with Gasteiger partial charge in [-0.3, -0.25) is 4.79 Å². The second-order valence-electron chi connectivity index (χ2n) is 5.98. The number of hydrogen-bond donors (Lipinski definition) is 2. The van der Waals surface area contributed by atoms with Crippen LogP contribution in [0.15, 0.2) is 39.8 Å². The Hall–Kier alpha value is -1.58. The molecular formula is C17H21Cl2N3O4S. The quantitative estimate of drug-likeness (QED) is 0.771. The number of carbonyl (C=O) groups excluding carboxylic acids is 1. The van der Waals surface area contributed by atoms with Crippen molar-refractivity contribution in [2.24, 2.45) is 0 Å². The zero-order valence-electron chi connectivity index (χ0n) is 14.9. The van der Waals surface area contributed by atoms with Gasteiger partial charge in [-0.2, -0.15) is 0 Å². The highest BCUT2D eigenvalue weighted by molar-refractivity contribution is 7.89. The normalized spacial score (nSPS) is 17.4. The number of rotatable bonds is 4. The minimum atomic E-state index is -3.76. The van der Waals surface area contributed by atoms with Crippen molar-refractivity contribution in [1.82, 2.24) is 14.9 Å². The van der Waals surface area contributed by atoms with Gasteiger partial charge in [0.2, 0.25) is 5.09 Å². The number of benzene rings is 1. The zero-order chi connectivity index (χ0) is 18.9. The van der Waals surface area contributed by atoms with Crippen molar-refractivity contribution < 1.29 is 17.6 Å². The van der Waals surface area contributed by atoms with Crippen molar-refractivity contribution in [2.75, 3.05) is 26.7 Å². The van der Waals surface area contributed by atoms with E-state index in [1.54, 1.807) is 17.9 Å². The van der Waals surface area contributed by atoms with E-state index in [1.807, 2.05) is 18.2 Å². The lowest BCUT2D eigenvalue weighted by Crippen LogP contribution is -2.48. The third kappa shape index (κ3) is 4.30. The smallest absolute Gasteiger partial charge is 0.273 e. The van der Waals surface area contributed by atoms with Crippen molar-refractivity contribution in [3.63, 3.8) is 0 Å². The fourth-order valence-electron chi connectivity index (χ4n) is 3.03. The van der Waals surface area contributed by atoms with Gasteiger partial charge < -0.3 is 14.6 Å². The lowest BCUT2D eigenvalue weighted by molar-refractivity contribution is 0.0632. The maximum atomic E-state index is 13.1. The molecule has 1 amide bonds. The van der Waals surface area contributed by atoms with Gasteiger partial charge >= 0.3 is 0 Å². The molecule has 1 atom stereocenters. The van der Waals surface area contributed by atoms with Crippen LogP contribution in [0.5, 0.6) is 0 Å². The fourth-order valence-corrected chi connectivity index (χ4v) is 4.00. The van der Waals surface area contributed by atoms with E-state index in [0.717, 1.165) is 5.56 Å². The van der Waals surface area contributed by atoms with Crippen molar-refractivity contribution >= 4 is 39.9 Å². The van der Waals surface area contributed by atoms with Crippen LogP contribution in [0.2, 0.25) is 5.02 Å². The lowest BCUT2D eigenvalue weighted by Gasteiger charge is -2.36. The molecule has 0 spiro atoms. The van der Waals surface area contributed by atoms with Crippen molar-refractivity contribution in [1.29, 1.82) is 0 Å². The molecule has 148 valence electrons. The summed E-state index contributed by atoms with van der Waals surface area (Å²) in [4.78, 5) is 14.8. The van der Waals surface area contributed by atoms with Crippen LogP contribution in [0.25, 0.3) is 0 Å². The van der Waals surface area contributed by atoms with Crippen LogP contribution in [0.4, 0.5) is 0 Å². The summed E-state index contributed by atoms with van der Waals surface area (Å²) < 4.78 is 31.4. The molecule has 1 aliphatic rings. The van der Waals surface area contributed by atoms with Crippen LogP contribution >= 0.6 is 24.0 Å². The minimum Gasteiger partial charge on any atom is -0.448 e. The zero-order valence-corrected chi connectivity index (χ0v) is 17.2. The molecule has 3 rings (SSSR count). The Kier molecular flexibility index (Phi) is 6.93. The number of nitrogens with zero attached hydrogens (tertiary/aromatic N) is 1. The molecule has 1 aliphatic heterocycles. The number of carbonyl (C=O) groups is 1. The highest BCUT2D eigenvalue weighted by atomic mass is 35.5. The SMILES string of the molecule is CNS(=O)(=O)c1cc(C(=O)N2CCNCC2c2ccccc2Cl)c(C)o1.Cl. The van der Waals surface area contributed by atoms with E-state index in [0.29, 0.717) is 24.7 Å². The number of aryl methyl sites for hydroxylation is 1. The van der Waals surface area contributed by atoms with Gasteiger partial charge in [-0.25, -0.2) is 13.1 Å². The Labute approximate surface area is 169 Å². The topological polar surface area (TPSA) is 91.7 Å². The van der Waals surface area contributed by atoms with Gasteiger partial charge in [0, 0.05) is 30.7 Å². The molecule has 10 heteroatoms. The summed E-state index contributed by atoms with van der Waals surface area (Å²) >= 11 is 6.32. The fraction of sp³-hybridized carbons (Fsp3) is 0.353. The molecule has 2 aromatic rings. The number of halogens is 2. The molecule has 1 aromatic heterocycles. The van der Waals surface area contributed by atoms with Gasteiger partial charge in [-0.05, 0) is 25.6 Å². The van der Waals surface area contributed by atoms with E-state index in [9.17, 15) is 13.2 Å². The molecule has 0 aliphatic carbocycles. The highest BCUT2D eigenvalue weighted by Crippen LogP contribution is 2.31. The van der Waals surface area contributed by atoms with Crippen LogP contribution in [0, 0.1) is 6.92 Å². The molecule has 1 aromatic carbocycles. The number of sulfonamides is 1. The first kappa shape index (κ1) is 21.7. The Morgan fingerprint density at radius 3 is 2.74 bits per heavy atom. The Morgan fingerprint density at radius 2 is 2.07 bits per heavy atom. The molecule has 0 radical (unpaired) electrons. The average molecular weight is 434 g/mol. The maximum Gasteiger partial charge on any atom is 0.273 e. The number of hydrogen-bond acceptors (Lipinski definition) is 5. The molecule has 0 saturated carbocycles. The van der Waals surface area contributed by atoms with Gasteiger partial charge in [0.15, 0.2) is 0 Å². The summed E-state index contributed by atoms with van der Waals surface area (Å²) in [5, 5.41) is 3.58. The summed E-state index contributed by atoms with van der Waals surface area (Å²) in [5.74, 6) is -0.0181. The number of nitrogens with one attached hydrogen (secondary N) is 2. The Balaban J connectivity index is 0.00000261. The first-order chi connectivity index (χ1) is 12.3. The van der Waals surface area contributed by atoms with Gasteiger partial charge in [0.05, 0.1) is 11.6 Å². The largest absolute Gasteiger partial charge is 0.448 e. The molecule has 1 saturated heterocycles. The first-order valence-electron chi connectivity index (χ1n) is 8.15. The third-order valence-electron chi connectivity index (χ3n) is 4.43. The summed E-state index contributed by atoms with van der Waals surface area (Å²) in [6.07, 6.45) is 0. The van der Waals surface area contributed by atoms with Crippen molar-refractivity contribution in [3.8, 4) is 0 Å². The van der Waals surface area contributed by atoms with Crippen LogP contribution in [-0.2, 0) is 10.0 Å². The number of amides is 1. The van der Waals surface area contributed by atoms with Gasteiger partial charge in [0.1, 0.15) is 5.76 Å². The van der Waals surface area contributed by atoms with Crippen LogP contribution < -0.4 is 10.0 Å². The molecule has 7 nitrogen and oxygen atoms in total. The van der Waals surface area contributed by atoms with Crippen LogP contribution in [0.3, 0.4) is 0 Å². The monoisotopic (exact) mass is 433 g/mol. The molecule has 2 heterocycles. The predicted molar refractivity (Wildman–Crippen MR) is 105 cm³/mol. The lowest BCUT2D eigenvalue weighted by atomic mass is 10.0. The van der Waals surface area contributed by atoms with Crippen LogP contribution in [-0.4, -0.2) is 45.9 Å². The molecule has 1 unspecified atom stereocenters. The summed E-state index contributed by atoms with van der Waals surface area (Å²) in [6.45, 7) is 3.27. The predicted octanol–water partition coefficient (Wildman–Crippen LogP) is 2.36. The molecule has 0 bridgehead atoms. The maximum absolute atomic E-state index is 13.1. The summed E-state index contributed by atoms with van der Waals surface area (Å²) in [7, 11) is -2.47. The second kappa shape index (κ2) is 8.62. The first-order valence-corrected chi connectivity index (χ1v) is 10.0. The average Bonchev–Trinajstić information content (AvgIpc) is 3.04. The Bertz CT molecular complexity index is 930. The molecular weight excluding hydrogens is 413 g/mol. The van der Waals surface area contributed by atoms with Crippen molar-refractivity contribution in [3.05, 3.63) is 52.2 Å². The third-order valence-corrected chi connectivity index (χ3v) is 6.04. The minimum absolute atomic E-state index is 0. The van der Waals surface area contributed by atoms with E-state index >= 15 is 0 Å². The van der Waals surface area contributed by atoms with Gasteiger partial charge in [-0.1, -0.05) is 29.8 Å². The van der Waals surface area contributed by atoms with Gasteiger partial charge in [-0.15, -0.1) is 12.4 Å². The molecule has 2 N–H and O–H groups in total. The van der Waals surface area contributed by atoms with Gasteiger partial charge in [0.25, 0.3) is 15.9 Å². The Morgan fingerprint density at radius 1 is 1.37 bits per heavy atom. The number of furan rings is 1. The van der Waals surface area contributed by atoms with E-state index in [-0.39, 0.29) is 40.8 Å². The van der Waals surface area contributed by atoms with E-state index < -0.39 is 10.0 Å². The van der Waals surface area contributed by atoms with E-state index in [1.165, 1.54) is 13.1 Å².